The number of nitrogens with one attached hydrogen (secondary N) is 1. The van der Waals surface area contributed by atoms with Crippen molar-refractivity contribution in [3.05, 3.63) is 72.1 Å². The Labute approximate surface area is 113 Å². The maximum absolute atomic E-state index is 9.92. The average Bonchev–Trinajstić information content (AvgIpc) is 2.49. The molecule has 0 aliphatic carbocycles. The largest absolute Gasteiger partial charge is 0.387 e. The number of aromatic nitrogens is 1. The van der Waals surface area contributed by atoms with Crippen LogP contribution in [0.1, 0.15) is 17.2 Å². The second-order valence-corrected chi connectivity index (χ2v) is 4.27. The van der Waals surface area contributed by atoms with Gasteiger partial charge in [0.25, 0.3) is 0 Å². The summed E-state index contributed by atoms with van der Waals surface area (Å²) in [4.78, 5) is 3.93. The Balaban J connectivity index is 1.71. The molecule has 2 N–H and O–H groups in total. The number of nitrogens with zero attached hydrogens (tertiary/aromatic N) is 1. The number of aliphatic hydroxyl groups excluding tert-OH is 1. The quantitative estimate of drug-likeness (QED) is 0.778. The summed E-state index contributed by atoms with van der Waals surface area (Å²) in [6, 6.07) is 13.8. The first-order chi connectivity index (χ1) is 9.36. The molecule has 98 valence electrons. The first kappa shape index (κ1) is 13.5. The molecular weight excluding hydrogens is 236 g/mol. The Kier molecular flexibility index (Phi) is 5.29. The molecule has 1 aromatic heterocycles. The number of rotatable bonds is 6. The van der Waals surface area contributed by atoms with E-state index in [2.05, 4.69) is 34.6 Å². The minimum Gasteiger partial charge on any atom is -0.387 e. The van der Waals surface area contributed by atoms with Crippen molar-refractivity contribution in [1.82, 2.24) is 10.3 Å². The number of hydrogen-bond donors (Lipinski definition) is 2. The fourth-order valence-corrected chi connectivity index (χ4v) is 1.77. The summed E-state index contributed by atoms with van der Waals surface area (Å²) in [6.45, 7) is 1.26. The summed E-state index contributed by atoms with van der Waals surface area (Å²) in [5.74, 6) is 0. The molecular formula is C16H18N2O. The van der Waals surface area contributed by atoms with Gasteiger partial charge in [0, 0.05) is 25.5 Å². The van der Waals surface area contributed by atoms with E-state index in [4.69, 9.17) is 0 Å². The van der Waals surface area contributed by atoms with Crippen molar-refractivity contribution in [3.8, 4) is 0 Å². The van der Waals surface area contributed by atoms with Crippen LogP contribution in [0.25, 0.3) is 6.08 Å². The van der Waals surface area contributed by atoms with Gasteiger partial charge in [0.05, 0.1) is 6.10 Å². The third-order valence-electron chi connectivity index (χ3n) is 2.80. The number of hydrogen-bond acceptors (Lipinski definition) is 3. The van der Waals surface area contributed by atoms with Crippen LogP contribution in [0.5, 0.6) is 0 Å². The molecule has 0 aliphatic heterocycles. The van der Waals surface area contributed by atoms with Crippen LogP contribution in [-0.4, -0.2) is 23.2 Å². The Morgan fingerprint density at radius 2 is 1.84 bits per heavy atom. The first-order valence-electron chi connectivity index (χ1n) is 6.36. The van der Waals surface area contributed by atoms with Gasteiger partial charge in [-0.1, -0.05) is 42.5 Å². The molecule has 1 atom stereocenters. The maximum Gasteiger partial charge on any atom is 0.0915 e. The summed E-state index contributed by atoms with van der Waals surface area (Å²) in [6.07, 6.45) is 7.00. The Morgan fingerprint density at radius 3 is 2.58 bits per heavy atom. The van der Waals surface area contributed by atoms with Crippen LogP contribution in [-0.2, 0) is 0 Å². The summed E-state index contributed by atoms with van der Waals surface area (Å²) < 4.78 is 0. The summed E-state index contributed by atoms with van der Waals surface area (Å²) >= 11 is 0. The van der Waals surface area contributed by atoms with Crippen molar-refractivity contribution in [2.45, 2.75) is 6.10 Å². The van der Waals surface area contributed by atoms with Crippen LogP contribution < -0.4 is 5.32 Å². The zero-order valence-electron chi connectivity index (χ0n) is 10.7. The first-order valence-corrected chi connectivity index (χ1v) is 6.36. The topological polar surface area (TPSA) is 45.1 Å². The van der Waals surface area contributed by atoms with E-state index in [1.807, 2.05) is 30.3 Å². The molecule has 1 unspecified atom stereocenters. The highest BCUT2D eigenvalue weighted by Gasteiger charge is 2.04. The van der Waals surface area contributed by atoms with Crippen molar-refractivity contribution in [2.24, 2.45) is 0 Å². The van der Waals surface area contributed by atoms with Crippen LogP contribution >= 0.6 is 0 Å². The van der Waals surface area contributed by atoms with Crippen LogP contribution in [0.2, 0.25) is 0 Å². The summed E-state index contributed by atoms with van der Waals surface area (Å²) in [7, 11) is 0. The van der Waals surface area contributed by atoms with Crippen molar-refractivity contribution < 1.29 is 5.11 Å². The smallest absolute Gasteiger partial charge is 0.0915 e. The van der Waals surface area contributed by atoms with Crippen molar-refractivity contribution in [2.75, 3.05) is 13.1 Å². The lowest BCUT2D eigenvalue weighted by molar-refractivity contribution is 0.176. The molecule has 2 aromatic rings. The van der Waals surface area contributed by atoms with E-state index in [0.717, 1.165) is 12.1 Å². The Bertz CT molecular complexity index is 497. The fourth-order valence-electron chi connectivity index (χ4n) is 1.77. The average molecular weight is 254 g/mol. The van der Waals surface area contributed by atoms with Crippen LogP contribution in [0.15, 0.2) is 60.9 Å². The molecule has 1 heterocycles. The number of aliphatic hydroxyl groups is 1. The van der Waals surface area contributed by atoms with Gasteiger partial charge in [0.1, 0.15) is 0 Å². The molecule has 0 bridgehead atoms. The third-order valence-corrected chi connectivity index (χ3v) is 2.80. The zero-order valence-corrected chi connectivity index (χ0v) is 10.7. The van der Waals surface area contributed by atoms with Crippen molar-refractivity contribution >= 4 is 6.08 Å². The van der Waals surface area contributed by atoms with Crippen molar-refractivity contribution in [3.63, 3.8) is 0 Å². The van der Waals surface area contributed by atoms with E-state index in [1.165, 1.54) is 5.56 Å². The van der Waals surface area contributed by atoms with E-state index in [9.17, 15) is 5.11 Å². The van der Waals surface area contributed by atoms with Gasteiger partial charge >= 0.3 is 0 Å². The lowest BCUT2D eigenvalue weighted by atomic mass is 10.1. The van der Waals surface area contributed by atoms with E-state index < -0.39 is 6.10 Å². The van der Waals surface area contributed by atoms with Gasteiger partial charge in [-0.15, -0.1) is 0 Å². The minimum absolute atomic E-state index is 0.492. The Morgan fingerprint density at radius 1 is 1.11 bits per heavy atom. The molecule has 2 rings (SSSR count). The van der Waals surface area contributed by atoms with Gasteiger partial charge in [-0.05, 0) is 23.3 Å². The molecule has 3 heteroatoms. The second-order valence-electron chi connectivity index (χ2n) is 4.27. The fraction of sp³-hybridized carbons (Fsp3) is 0.188. The number of benzene rings is 1. The summed E-state index contributed by atoms with van der Waals surface area (Å²) in [5.41, 5.74) is 2.06. The number of pyridine rings is 1. The highest BCUT2D eigenvalue weighted by atomic mass is 16.3. The van der Waals surface area contributed by atoms with Gasteiger partial charge in [-0.25, -0.2) is 0 Å². The van der Waals surface area contributed by atoms with Gasteiger partial charge in [-0.2, -0.15) is 0 Å². The van der Waals surface area contributed by atoms with Crippen molar-refractivity contribution in [1.29, 1.82) is 0 Å². The third kappa shape index (κ3) is 4.66. The van der Waals surface area contributed by atoms with Gasteiger partial charge in [0.15, 0.2) is 0 Å². The highest BCUT2D eigenvalue weighted by Crippen LogP contribution is 2.09. The molecule has 0 spiro atoms. The zero-order chi connectivity index (χ0) is 13.3. The standard InChI is InChI=1S/C16H18N2O/c19-16(15-8-11-17-12-9-15)13-18-10-4-7-14-5-2-1-3-6-14/h1-9,11-12,16,18-19H,10,13H2/b7-4+. The molecule has 0 saturated heterocycles. The SMILES string of the molecule is OC(CNC/C=C/c1ccccc1)c1ccncc1. The van der Waals surface area contributed by atoms with E-state index in [1.54, 1.807) is 12.4 Å². The molecule has 0 radical (unpaired) electrons. The molecule has 3 nitrogen and oxygen atoms in total. The molecule has 0 amide bonds. The summed E-state index contributed by atoms with van der Waals surface area (Å²) in [5, 5.41) is 13.1. The van der Waals surface area contributed by atoms with E-state index in [-0.39, 0.29) is 0 Å². The maximum atomic E-state index is 9.92. The monoisotopic (exact) mass is 254 g/mol. The molecule has 1 aromatic carbocycles. The van der Waals surface area contributed by atoms with Gasteiger partial charge in [-0.3, -0.25) is 4.98 Å². The second kappa shape index (κ2) is 7.46. The molecule has 0 aliphatic rings. The molecule has 19 heavy (non-hydrogen) atoms. The Hall–Kier alpha value is -1.97. The predicted octanol–water partition coefficient (Wildman–Crippen LogP) is 2.42. The lowest BCUT2D eigenvalue weighted by Crippen LogP contribution is -2.21. The van der Waals surface area contributed by atoms with Crippen LogP contribution in [0.4, 0.5) is 0 Å². The molecule has 0 saturated carbocycles. The highest BCUT2D eigenvalue weighted by molar-refractivity contribution is 5.48. The minimum atomic E-state index is -0.492. The van der Waals surface area contributed by atoms with Gasteiger partial charge in [0.2, 0.25) is 0 Å². The van der Waals surface area contributed by atoms with Gasteiger partial charge < -0.3 is 10.4 Å². The van der Waals surface area contributed by atoms with E-state index >= 15 is 0 Å². The van der Waals surface area contributed by atoms with Crippen LogP contribution in [0.3, 0.4) is 0 Å². The molecule has 0 fully saturated rings. The van der Waals surface area contributed by atoms with E-state index in [0.29, 0.717) is 6.54 Å². The normalized spacial score (nSPS) is 12.7. The predicted molar refractivity (Wildman–Crippen MR) is 77.5 cm³/mol. The lowest BCUT2D eigenvalue weighted by Gasteiger charge is -2.10. The van der Waals surface area contributed by atoms with Crippen LogP contribution in [0, 0.1) is 0 Å².